The van der Waals surface area contributed by atoms with Crippen LogP contribution in [0.25, 0.3) is 33.4 Å². The van der Waals surface area contributed by atoms with Gasteiger partial charge in [0.05, 0.1) is 23.3 Å². The molecule has 1 aliphatic heterocycles. The van der Waals surface area contributed by atoms with Crippen molar-refractivity contribution in [1.82, 2.24) is 0 Å². The highest BCUT2D eigenvalue weighted by molar-refractivity contribution is 5.96. The van der Waals surface area contributed by atoms with Crippen LogP contribution in [0.15, 0.2) is 199 Å². The number of hydrogen-bond donors (Lipinski definition) is 1. The topological polar surface area (TPSA) is 41.6 Å². The van der Waals surface area contributed by atoms with Crippen molar-refractivity contribution in [2.45, 2.75) is 18.5 Å². The second kappa shape index (κ2) is 13.6. The van der Waals surface area contributed by atoms with Crippen molar-refractivity contribution in [2.24, 2.45) is 10.7 Å². The maximum atomic E-state index is 5.77. The van der Waals surface area contributed by atoms with E-state index in [0.717, 1.165) is 16.8 Å². The molecular formula is C52H39N3. The predicted molar refractivity (Wildman–Crippen MR) is 228 cm³/mol. The molecule has 1 heterocycles. The molecule has 2 N–H and O–H groups in total. The molecule has 0 amide bonds. The van der Waals surface area contributed by atoms with Crippen LogP contribution >= 0.6 is 0 Å². The summed E-state index contributed by atoms with van der Waals surface area (Å²) in [5, 5.41) is 0. The fourth-order valence-electron chi connectivity index (χ4n) is 8.86. The van der Waals surface area contributed by atoms with Crippen molar-refractivity contribution < 1.29 is 0 Å². The first kappa shape index (κ1) is 32.8. The van der Waals surface area contributed by atoms with Gasteiger partial charge in [-0.3, -0.25) is 4.99 Å². The summed E-state index contributed by atoms with van der Waals surface area (Å²) in [5.41, 5.74) is 24.8. The van der Waals surface area contributed by atoms with Gasteiger partial charge in [-0.25, -0.2) is 0 Å². The highest BCUT2D eigenvalue weighted by Gasteiger charge is 2.51. The van der Waals surface area contributed by atoms with Crippen LogP contribution in [-0.4, -0.2) is 6.21 Å². The summed E-state index contributed by atoms with van der Waals surface area (Å²) in [6.45, 7) is 1.16. The second-order valence-electron chi connectivity index (χ2n) is 14.5. The molecule has 1 spiro atoms. The molecule has 262 valence electrons. The number of rotatable bonds is 7. The van der Waals surface area contributed by atoms with Gasteiger partial charge in [0.1, 0.15) is 0 Å². The van der Waals surface area contributed by atoms with Crippen LogP contribution in [0, 0.1) is 0 Å². The van der Waals surface area contributed by atoms with Crippen LogP contribution in [-0.2, 0) is 18.5 Å². The zero-order chi connectivity index (χ0) is 36.8. The smallest absolute Gasteiger partial charge is 0.0754 e. The largest absolute Gasteiger partial charge is 0.326 e. The second-order valence-corrected chi connectivity index (χ2v) is 14.5. The first-order valence-electron chi connectivity index (χ1n) is 19.0. The Morgan fingerprint density at radius 2 is 1.04 bits per heavy atom. The maximum absolute atomic E-state index is 5.77. The molecule has 0 aromatic heterocycles. The third-order valence-electron chi connectivity index (χ3n) is 11.3. The Bertz CT molecular complexity index is 2680. The van der Waals surface area contributed by atoms with Crippen LogP contribution < -0.4 is 10.6 Å². The van der Waals surface area contributed by atoms with Gasteiger partial charge in [-0.1, -0.05) is 152 Å². The third kappa shape index (κ3) is 5.43. The van der Waals surface area contributed by atoms with Crippen molar-refractivity contribution in [3.63, 3.8) is 0 Å². The summed E-state index contributed by atoms with van der Waals surface area (Å²) < 4.78 is 0. The van der Waals surface area contributed by atoms with Crippen molar-refractivity contribution >= 4 is 23.3 Å². The molecule has 1 aliphatic carbocycles. The minimum Gasteiger partial charge on any atom is -0.326 e. The fraction of sp³-hybridized carbons (Fsp3) is 0.0577. The van der Waals surface area contributed by atoms with Gasteiger partial charge in [-0.05, 0) is 115 Å². The monoisotopic (exact) mass is 705 g/mol. The number of hydrogen-bond acceptors (Lipinski definition) is 3. The van der Waals surface area contributed by atoms with Gasteiger partial charge in [0.2, 0.25) is 0 Å². The van der Waals surface area contributed by atoms with E-state index < -0.39 is 5.41 Å². The molecule has 0 saturated heterocycles. The Balaban J connectivity index is 1.07. The first-order valence-corrected chi connectivity index (χ1v) is 19.0. The molecule has 0 atom stereocenters. The van der Waals surface area contributed by atoms with Gasteiger partial charge in [0, 0.05) is 18.4 Å². The summed E-state index contributed by atoms with van der Waals surface area (Å²) in [4.78, 5) is 7.19. The number of aliphatic imine (C=N–C) groups is 1. The van der Waals surface area contributed by atoms with E-state index in [1.807, 2.05) is 6.21 Å². The molecule has 8 aromatic carbocycles. The molecule has 2 aliphatic rings. The highest BCUT2D eigenvalue weighted by Crippen LogP contribution is 2.63. The number of benzene rings is 8. The van der Waals surface area contributed by atoms with Gasteiger partial charge < -0.3 is 10.6 Å². The lowest BCUT2D eigenvalue weighted by Gasteiger charge is -2.45. The Hall–Kier alpha value is -6.81. The average Bonchev–Trinajstić information content (AvgIpc) is 3.54. The van der Waals surface area contributed by atoms with E-state index in [9.17, 15) is 0 Å². The molecule has 0 saturated carbocycles. The standard InChI is InChI=1S/C52H39N3/c53-33-36-24-26-37(27-25-36)34-54-35-38-12-10-13-39(30-38)40-14-11-15-41(31-40)42-28-29-45-44-18-4-5-19-46(44)52(49(45)32-42)47-20-6-8-22-50(47)55(43-16-2-1-3-17-43)51-23-9-7-21-48(51)52/h1-32,34H,33,35,53H2/b54-34+. The number of nitrogens with zero attached hydrogens (tertiary/aromatic N) is 2. The molecule has 0 bridgehead atoms. The van der Waals surface area contributed by atoms with Gasteiger partial charge in [0.15, 0.2) is 0 Å². The van der Waals surface area contributed by atoms with E-state index in [0.29, 0.717) is 13.1 Å². The number of fused-ring (bicyclic) bond motifs is 9. The van der Waals surface area contributed by atoms with E-state index in [1.165, 1.54) is 72.6 Å². The number of nitrogens with two attached hydrogens (primary N) is 1. The lowest BCUT2D eigenvalue weighted by Crippen LogP contribution is -2.36. The van der Waals surface area contributed by atoms with E-state index >= 15 is 0 Å². The molecule has 0 radical (unpaired) electrons. The lowest BCUT2D eigenvalue weighted by molar-refractivity contribution is 0.753. The first-order chi connectivity index (χ1) is 27.2. The molecule has 8 aromatic rings. The molecule has 0 fully saturated rings. The Morgan fingerprint density at radius 1 is 0.455 bits per heavy atom. The van der Waals surface area contributed by atoms with E-state index in [4.69, 9.17) is 10.7 Å². The zero-order valence-corrected chi connectivity index (χ0v) is 30.4. The normalized spacial score (nSPS) is 13.4. The molecular weight excluding hydrogens is 667 g/mol. The summed E-state index contributed by atoms with van der Waals surface area (Å²) >= 11 is 0. The van der Waals surface area contributed by atoms with Gasteiger partial charge in [0.25, 0.3) is 0 Å². The van der Waals surface area contributed by atoms with Crippen LogP contribution in [0.5, 0.6) is 0 Å². The van der Waals surface area contributed by atoms with Crippen molar-refractivity contribution in [1.29, 1.82) is 0 Å². The molecule has 10 rings (SSSR count). The third-order valence-corrected chi connectivity index (χ3v) is 11.3. The zero-order valence-electron chi connectivity index (χ0n) is 30.4. The average molecular weight is 706 g/mol. The highest BCUT2D eigenvalue weighted by atomic mass is 15.2. The Morgan fingerprint density at radius 3 is 1.75 bits per heavy atom. The summed E-state index contributed by atoms with van der Waals surface area (Å²) in [6, 6.07) is 70.8. The predicted octanol–water partition coefficient (Wildman–Crippen LogP) is 12.2. The van der Waals surface area contributed by atoms with E-state index in [1.54, 1.807) is 0 Å². The summed E-state index contributed by atoms with van der Waals surface area (Å²) in [7, 11) is 0. The van der Waals surface area contributed by atoms with Crippen LogP contribution in [0.4, 0.5) is 17.1 Å². The van der Waals surface area contributed by atoms with Crippen LogP contribution in [0.1, 0.15) is 38.9 Å². The molecule has 3 nitrogen and oxygen atoms in total. The van der Waals surface area contributed by atoms with Crippen molar-refractivity contribution in [2.75, 3.05) is 4.90 Å². The summed E-state index contributed by atoms with van der Waals surface area (Å²) in [5.74, 6) is 0. The number of anilines is 3. The SMILES string of the molecule is NCc1ccc(/C=N/Cc2cccc(-c3cccc(-c4ccc5c(c4)C4(c6ccccc6-5)c5ccccc5N(c5ccccc5)c5ccccc54)c3)c2)cc1. The molecule has 3 heteroatoms. The van der Waals surface area contributed by atoms with Gasteiger partial charge in [-0.2, -0.15) is 0 Å². The Labute approximate surface area is 322 Å². The van der Waals surface area contributed by atoms with Crippen molar-refractivity contribution in [3.8, 4) is 33.4 Å². The van der Waals surface area contributed by atoms with Crippen LogP contribution in [0.2, 0.25) is 0 Å². The van der Waals surface area contributed by atoms with Gasteiger partial charge in [-0.15, -0.1) is 0 Å². The van der Waals surface area contributed by atoms with E-state index in [2.05, 4.69) is 199 Å². The minimum absolute atomic E-state index is 0.487. The van der Waals surface area contributed by atoms with E-state index in [-0.39, 0.29) is 0 Å². The maximum Gasteiger partial charge on any atom is 0.0754 e. The summed E-state index contributed by atoms with van der Waals surface area (Å²) in [6.07, 6.45) is 1.94. The molecule has 0 unspecified atom stereocenters. The van der Waals surface area contributed by atoms with Crippen molar-refractivity contribution in [3.05, 3.63) is 233 Å². The fourth-order valence-corrected chi connectivity index (χ4v) is 8.86. The van der Waals surface area contributed by atoms with Gasteiger partial charge >= 0.3 is 0 Å². The van der Waals surface area contributed by atoms with Crippen LogP contribution in [0.3, 0.4) is 0 Å². The lowest BCUT2D eigenvalue weighted by atomic mass is 9.64. The molecule has 55 heavy (non-hydrogen) atoms. The Kier molecular flexibility index (Phi) is 8.09. The number of para-hydroxylation sites is 3. The quantitative estimate of drug-likeness (QED) is 0.168. The minimum atomic E-state index is -0.487.